The summed E-state index contributed by atoms with van der Waals surface area (Å²) in [6, 6.07) is 24.7. The first-order chi connectivity index (χ1) is 15.8. The first kappa shape index (κ1) is 23.3. The van der Waals surface area contributed by atoms with E-state index in [0.717, 1.165) is 28.5 Å². The maximum atomic E-state index is 13.5. The van der Waals surface area contributed by atoms with Gasteiger partial charge in [0.25, 0.3) is 5.56 Å². The quantitative estimate of drug-likeness (QED) is 0.223. The van der Waals surface area contributed by atoms with Crippen LogP contribution in [0, 0.1) is 0 Å². The second-order valence-corrected chi connectivity index (χ2v) is 10.6. The zero-order valence-electron chi connectivity index (χ0n) is 20.1. The van der Waals surface area contributed by atoms with E-state index >= 15 is 0 Å². The Balaban J connectivity index is 1.72. The lowest BCUT2D eigenvalue weighted by Gasteiger charge is -2.19. The molecule has 0 aliphatic rings. The summed E-state index contributed by atoms with van der Waals surface area (Å²) in [6.45, 7) is 11.1. The fraction of sp³-hybridized carbons (Fsp3) is 0.310. The summed E-state index contributed by atoms with van der Waals surface area (Å²) in [5.41, 5.74) is 5.52. The molecule has 0 saturated carbocycles. The summed E-state index contributed by atoms with van der Waals surface area (Å²) < 4.78 is 1.76. The molecule has 1 unspecified atom stereocenters. The van der Waals surface area contributed by atoms with Crippen molar-refractivity contribution in [3.8, 4) is 5.69 Å². The van der Waals surface area contributed by atoms with Gasteiger partial charge in [-0.2, -0.15) is 0 Å². The fourth-order valence-corrected chi connectivity index (χ4v) is 4.84. The van der Waals surface area contributed by atoms with Gasteiger partial charge in [-0.25, -0.2) is 4.98 Å². The summed E-state index contributed by atoms with van der Waals surface area (Å²) >= 11 is 1.60. The van der Waals surface area contributed by atoms with Gasteiger partial charge in [0.15, 0.2) is 5.16 Å². The van der Waals surface area contributed by atoms with E-state index in [1.54, 1.807) is 16.3 Å². The van der Waals surface area contributed by atoms with E-state index in [0.29, 0.717) is 11.3 Å². The number of hydrogen-bond acceptors (Lipinski definition) is 3. The molecule has 4 aromatic rings. The molecular formula is C29H32N2OS. The molecule has 33 heavy (non-hydrogen) atoms. The van der Waals surface area contributed by atoms with Gasteiger partial charge in [0.1, 0.15) is 0 Å². The first-order valence-electron chi connectivity index (χ1n) is 11.6. The highest BCUT2D eigenvalue weighted by Crippen LogP contribution is 2.28. The molecule has 170 valence electrons. The lowest BCUT2D eigenvalue weighted by atomic mass is 9.87. The van der Waals surface area contributed by atoms with Crippen molar-refractivity contribution in [2.75, 3.05) is 0 Å². The molecule has 0 fully saturated rings. The van der Waals surface area contributed by atoms with Crippen molar-refractivity contribution in [1.82, 2.24) is 9.55 Å². The van der Waals surface area contributed by atoms with Crippen molar-refractivity contribution >= 4 is 22.7 Å². The predicted octanol–water partition coefficient (Wildman–Crippen LogP) is 7.49. The second kappa shape index (κ2) is 9.56. The van der Waals surface area contributed by atoms with Crippen molar-refractivity contribution in [3.05, 3.63) is 99.8 Å². The van der Waals surface area contributed by atoms with Crippen molar-refractivity contribution in [2.24, 2.45) is 0 Å². The summed E-state index contributed by atoms with van der Waals surface area (Å²) in [5, 5.41) is 1.36. The summed E-state index contributed by atoms with van der Waals surface area (Å²) in [5.74, 6) is 1.25. The van der Waals surface area contributed by atoms with Gasteiger partial charge in [0, 0.05) is 5.75 Å². The maximum Gasteiger partial charge on any atom is 0.266 e. The highest BCUT2D eigenvalue weighted by atomic mass is 32.2. The molecule has 0 bridgehead atoms. The minimum atomic E-state index is -0.0255. The topological polar surface area (TPSA) is 34.9 Å². The molecule has 4 heteroatoms. The van der Waals surface area contributed by atoms with E-state index in [4.69, 9.17) is 4.98 Å². The Morgan fingerprint density at radius 1 is 0.939 bits per heavy atom. The molecule has 0 aliphatic carbocycles. The number of para-hydroxylation sites is 1. The Hall–Kier alpha value is -2.85. The highest BCUT2D eigenvalue weighted by molar-refractivity contribution is 7.98. The average molecular weight is 457 g/mol. The molecule has 0 spiro atoms. The van der Waals surface area contributed by atoms with Crippen LogP contribution in [0.3, 0.4) is 0 Å². The first-order valence-corrected chi connectivity index (χ1v) is 12.6. The summed E-state index contributed by atoms with van der Waals surface area (Å²) in [4.78, 5) is 18.4. The molecule has 3 aromatic carbocycles. The van der Waals surface area contributed by atoms with E-state index in [1.807, 2.05) is 36.4 Å². The van der Waals surface area contributed by atoms with Crippen LogP contribution in [0.15, 0.2) is 82.7 Å². The van der Waals surface area contributed by atoms with Crippen LogP contribution in [0.25, 0.3) is 16.6 Å². The number of hydrogen-bond donors (Lipinski definition) is 0. The Morgan fingerprint density at radius 2 is 1.61 bits per heavy atom. The normalized spacial score (nSPS) is 12.8. The van der Waals surface area contributed by atoms with E-state index in [1.165, 1.54) is 16.7 Å². The van der Waals surface area contributed by atoms with Crippen LogP contribution < -0.4 is 5.56 Å². The molecule has 1 aromatic heterocycles. The van der Waals surface area contributed by atoms with Gasteiger partial charge in [0.2, 0.25) is 0 Å². The van der Waals surface area contributed by atoms with Gasteiger partial charge in [-0.3, -0.25) is 9.36 Å². The zero-order chi connectivity index (χ0) is 23.6. The molecule has 0 N–H and O–H groups in total. The monoisotopic (exact) mass is 456 g/mol. The number of nitrogens with zero attached hydrogens (tertiary/aromatic N) is 2. The number of aromatic nitrogens is 2. The van der Waals surface area contributed by atoms with Crippen LogP contribution in [0.4, 0.5) is 0 Å². The molecule has 4 rings (SSSR count). The van der Waals surface area contributed by atoms with Crippen LogP contribution in [0.2, 0.25) is 0 Å². The van der Waals surface area contributed by atoms with Crippen LogP contribution in [0.5, 0.6) is 0 Å². The second-order valence-electron chi connectivity index (χ2n) is 9.69. The molecule has 0 aliphatic heterocycles. The third kappa shape index (κ3) is 5.06. The third-order valence-corrected chi connectivity index (χ3v) is 7.28. The Labute approximate surface area is 200 Å². The highest BCUT2D eigenvalue weighted by Gasteiger charge is 2.15. The van der Waals surface area contributed by atoms with Gasteiger partial charge < -0.3 is 0 Å². The number of fused-ring (bicyclic) bond motifs is 1. The SMILES string of the molecule is CCC(C)c1ccc(-n2c(SCc3ccc(C(C)(C)C)cc3)nc3ccccc3c2=O)cc1. The lowest BCUT2D eigenvalue weighted by molar-refractivity contribution is 0.590. The molecular weight excluding hydrogens is 424 g/mol. The van der Waals surface area contributed by atoms with E-state index in [2.05, 4.69) is 71.0 Å². The van der Waals surface area contributed by atoms with Crippen LogP contribution in [0.1, 0.15) is 63.6 Å². The van der Waals surface area contributed by atoms with Gasteiger partial charge in [0.05, 0.1) is 16.6 Å². The summed E-state index contributed by atoms with van der Waals surface area (Å²) in [7, 11) is 0. The molecule has 0 amide bonds. The maximum absolute atomic E-state index is 13.5. The average Bonchev–Trinajstić information content (AvgIpc) is 2.82. The van der Waals surface area contributed by atoms with Gasteiger partial charge in [-0.05, 0) is 58.7 Å². The smallest absolute Gasteiger partial charge is 0.266 e. The van der Waals surface area contributed by atoms with E-state index in [9.17, 15) is 4.79 Å². The standard InChI is InChI=1S/C29H32N2OS/c1-6-20(2)22-13-17-24(18-14-22)31-27(32)25-9-7-8-10-26(25)30-28(31)33-19-21-11-15-23(16-12-21)29(3,4)5/h7-18,20H,6,19H2,1-5H3. The fourth-order valence-electron chi connectivity index (χ4n) is 3.87. The zero-order valence-corrected chi connectivity index (χ0v) is 20.9. The molecule has 0 saturated heterocycles. The van der Waals surface area contributed by atoms with Crippen molar-refractivity contribution in [1.29, 1.82) is 0 Å². The minimum Gasteiger partial charge on any atom is -0.268 e. The van der Waals surface area contributed by atoms with Crippen LogP contribution >= 0.6 is 11.8 Å². The lowest BCUT2D eigenvalue weighted by Crippen LogP contribution is -2.21. The van der Waals surface area contributed by atoms with E-state index in [-0.39, 0.29) is 11.0 Å². The van der Waals surface area contributed by atoms with Gasteiger partial charge in [-0.15, -0.1) is 0 Å². The van der Waals surface area contributed by atoms with E-state index < -0.39 is 0 Å². The Morgan fingerprint density at radius 3 is 2.24 bits per heavy atom. The molecule has 1 atom stereocenters. The number of benzene rings is 3. The van der Waals surface area contributed by atoms with Gasteiger partial charge >= 0.3 is 0 Å². The van der Waals surface area contributed by atoms with Crippen LogP contribution in [-0.4, -0.2) is 9.55 Å². The van der Waals surface area contributed by atoms with Crippen molar-refractivity contribution in [3.63, 3.8) is 0 Å². The van der Waals surface area contributed by atoms with Gasteiger partial charge in [-0.1, -0.05) is 94.9 Å². The molecule has 1 heterocycles. The third-order valence-electron chi connectivity index (χ3n) is 6.27. The van der Waals surface area contributed by atoms with Crippen molar-refractivity contribution < 1.29 is 0 Å². The molecule has 0 radical (unpaired) electrons. The Kier molecular flexibility index (Phi) is 6.76. The number of thioether (sulfide) groups is 1. The molecule has 3 nitrogen and oxygen atoms in total. The minimum absolute atomic E-state index is 0.0255. The largest absolute Gasteiger partial charge is 0.268 e. The number of rotatable bonds is 6. The van der Waals surface area contributed by atoms with Crippen molar-refractivity contribution in [2.45, 2.75) is 63.3 Å². The summed E-state index contributed by atoms with van der Waals surface area (Å²) in [6.07, 6.45) is 1.09. The van der Waals surface area contributed by atoms with Crippen LogP contribution in [-0.2, 0) is 11.2 Å². The predicted molar refractivity (Wildman–Crippen MR) is 141 cm³/mol. The Bertz CT molecular complexity index is 1300.